The first-order chi connectivity index (χ1) is 6.00. The van der Waals surface area contributed by atoms with Crippen LogP contribution in [0.5, 0.6) is 0 Å². The maximum Gasteiger partial charge on any atom is 0.218 e. The van der Waals surface area contributed by atoms with Gasteiger partial charge in [0.1, 0.15) is 0 Å². The van der Waals surface area contributed by atoms with E-state index in [9.17, 15) is 0 Å². The highest BCUT2D eigenvalue weighted by molar-refractivity contribution is 5.16. The molecule has 0 aromatic carbocycles. The van der Waals surface area contributed by atoms with Gasteiger partial charge in [0, 0.05) is 7.05 Å². The Hall–Kier alpha value is -1.10. The van der Waals surface area contributed by atoms with Crippen LogP contribution in [0.15, 0.2) is 0 Å². The van der Waals surface area contributed by atoms with E-state index in [4.69, 9.17) is 11.5 Å². The normalized spacial score (nSPS) is 13.6. The van der Waals surface area contributed by atoms with E-state index in [1.54, 1.807) is 7.05 Å². The average Bonchev–Trinajstić information content (AvgIpc) is 2.31. The highest BCUT2D eigenvalue weighted by Crippen LogP contribution is 2.15. The third-order valence-corrected chi connectivity index (χ3v) is 1.87. The predicted octanol–water partition coefficient (Wildman–Crippen LogP) is 0.443. The molecule has 0 fully saturated rings. The van der Waals surface area contributed by atoms with Crippen molar-refractivity contribution in [2.45, 2.75) is 26.3 Å². The summed E-state index contributed by atoms with van der Waals surface area (Å²) in [7, 11) is 1.76. The van der Waals surface area contributed by atoms with Gasteiger partial charge in [-0.2, -0.15) is 10.1 Å². The van der Waals surface area contributed by atoms with Gasteiger partial charge >= 0.3 is 0 Å². The summed E-state index contributed by atoms with van der Waals surface area (Å²) in [5.41, 5.74) is 11.4. The number of hydrogen-bond donors (Lipinski definition) is 2. The Labute approximate surface area is 78.1 Å². The number of anilines is 1. The zero-order valence-corrected chi connectivity index (χ0v) is 8.36. The topological polar surface area (TPSA) is 82.7 Å². The molecule has 0 saturated heterocycles. The maximum absolute atomic E-state index is 5.88. The standard InChI is InChI=1S/C8H17N5/c1-5(2)4-6(9)7-11-8(10)13(3)12-7/h5-6H,4,9H2,1-3H3,(H2,10,11,12)/t6-/m1/s1. The highest BCUT2D eigenvalue weighted by Gasteiger charge is 2.14. The van der Waals surface area contributed by atoms with Gasteiger partial charge in [-0.05, 0) is 12.3 Å². The molecule has 0 aliphatic heterocycles. The van der Waals surface area contributed by atoms with Crippen LogP contribution < -0.4 is 11.5 Å². The van der Waals surface area contributed by atoms with E-state index in [0.29, 0.717) is 17.7 Å². The third kappa shape index (κ3) is 2.42. The Morgan fingerprint density at radius 3 is 2.46 bits per heavy atom. The molecule has 0 spiro atoms. The van der Waals surface area contributed by atoms with Crippen molar-refractivity contribution in [2.75, 3.05) is 5.73 Å². The number of nitrogens with zero attached hydrogens (tertiary/aromatic N) is 3. The zero-order valence-electron chi connectivity index (χ0n) is 8.36. The molecule has 0 amide bonds. The van der Waals surface area contributed by atoms with Crippen molar-refractivity contribution < 1.29 is 0 Å². The minimum atomic E-state index is -0.108. The molecule has 13 heavy (non-hydrogen) atoms. The second kappa shape index (κ2) is 3.74. The summed E-state index contributed by atoms with van der Waals surface area (Å²) >= 11 is 0. The lowest BCUT2D eigenvalue weighted by Crippen LogP contribution is -2.14. The van der Waals surface area contributed by atoms with Crippen molar-refractivity contribution in [3.8, 4) is 0 Å². The average molecular weight is 183 g/mol. The fourth-order valence-electron chi connectivity index (χ4n) is 1.19. The van der Waals surface area contributed by atoms with Gasteiger partial charge in [-0.25, -0.2) is 4.68 Å². The van der Waals surface area contributed by atoms with Gasteiger partial charge < -0.3 is 11.5 Å². The van der Waals surface area contributed by atoms with Crippen LogP contribution in [0.2, 0.25) is 0 Å². The number of aryl methyl sites for hydroxylation is 1. The Bertz CT molecular complexity index is 259. The molecule has 1 aromatic heterocycles. The SMILES string of the molecule is CC(C)C[C@@H](N)c1nc(N)n(C)n1. The Morgan fingerprint density at radius 2 is 2.08 bits per heavy atom. The van der Waals surface area contributed by atoms with Crippen LogP contribution in [-0.2, 0) is 7.05 Å². The second-order valence-corrected chi connectivity index (χ2v) is 3.69. The summed E-state index contributed by atoms with van der Waals surface area (Å²) in [5.74, 6) is 1.59. The minimum absolute atomic E-state index is 0.108. The number of hydrogen-bond acceptors (Lipinski definition) is 4. The third-order valence-electron chi connectivity index (χ3n) is 1.87. The molecule has 0 bridgehead atoms. The summed E-state index contributed by atoms with van der Waals surface area (Å²) in [6.07, 6.45) is 0.878. The van der Waals surface area contributed by atoms with E-state index < -0.39 is 0 Å². The zero-order chi connectivity index (χ0) is 10.0. The van der Waals surface area contributed by atoms with Crippen LogP contribution in [0.4, 0.5) is 5.95 Å². The molecule has 74 valence electrons. The molecule has 0 aliphatic rings. The largest absolute Gasteiger partial charge is 0.368 e. The summed E-state index contributed by atoms with van der Waals surface area (Å²) < 4.78 is 1.54. The van der Waals surface area contributed by atoms with Crippen LogP contribution >= 0.6 is 0 Å². The van der Waals surface area contributed by atoms with Gasteiger partial charge in [0.25, 0.3) is 0 Å². The van der Waals surface area contributed by atoms with Gasteiger partial charge in [0.15, 0.2) is 5.82 Å². The summed E-state index contributed by atoms with van der Waals surface area (Å²) in [6, 6.07) is -0.108. The Kier molecular flexibility index (Phi) is 2.87. The van der Waals surface area contributed by atoms with Crippen LogP contribution in [0.25, 0.3) is 0 Å². The molecule has 0 saturated carbocycles. The van der Waals surface area contributed by atoms with Crippen LogP contribution in [-0.4, -0.2) is 14.8 Å². The minimum Gasteiger partial charge on any atom is -0.368 e. The first kappa shape index (κ1) is 9.98. The van der Waals surface area contributed by atoms with Crippen molar-refractivity contribution in [1.29, 1.82) is 0 Å². The van der Waals surface area contributed by atoms with Crippen molar-refractivity contribution in [1.82, 2.24) is 14.8 Å². The van der Waals surface area contributed by atoms with Crippen molar-refractivity contribution >= 4 is 5.95 Å². The molecule has 1 heterocycles. The molecule has 1 atom stereocenters. The quantitative estimate of drug-likeness (QED) is 0.712. The number of aromatic nitrogens is 3. The molecule has 0 unspecified atom stereocenters. The smallest absolute Gasteiger partial charge is 0.218 e. The van der Waals surface area contributed by atoms with Gasteiger partial charge in [-0.3, -0.25) is 0 Å². The predicted molar refractivity (Wildman–Crippen MR) is 51.8 cm³/mol. The molecular formula is C8H17N5. The molecule has 0 aliphatic carbocycles. The summed E-state index contributed by atoms with van der Waals surface area (Å²) in [5, 5.41) is 4.12. The van der Waals surface area contributed by atoms with Crippen LogP contribution in [0.1, 0.15) is 32.1 Å². The fourth-order valence-corrected chi connectivity index (χ4v) is 1.19. The molecule has 1 rings (SSSR count). The summed E-state index contributed by atoms with van der Waals surface area (Å²) in [4.78, 5) is 4.07. The van der Waals surface area contributed by atoms with Crippen molar-refractivity contribution in [3.63, 3.8) is 0 Å². The Balaban J connectivity index is 2.71. The molecule has 0 radical (unpaired) electrons. The van der Waals surface area contributed by atoms with Gasteiger partial charge in [0.05, 0.1) is 6.04 Å². The first-order valence-corrected chi connectivity index (χ1v) is 4.42. The van der Waals surface area contributed by atoms with Gasteiger partial charge in [0.2, 0.25) is 5.95 Å². The molecule has 5 heteroatoms. The van der Waals surface area contributed by atoms with E-state index in [-0.39, 0.29) is 6.04 Å². The number of nitrogen functional groups attached to an aromatic ring is 1. The van der Waals surface area contributed by atoms with E-state index in [2.05, 4.69) is 23.9 Å². The van der Waals surface area contributed by atoms with Crippen LogP contribution in [0.3, 0.4) is 0 Å². The van der Waals surface area contributed by atoms with Crippen molar-refractivity contribution in [3.05, 3.63) is 5.82 Å². The monoisotopic (exact) mass is 183 g/mol. The van der Waals surface area contributed by atoms with E-state index in [1.165, 1.54) is 4.68 Å². The molecule has 5 nitrogen and oxygen atoms in total. The molecular weight excluding hydrogens is 166 g/mol. The van der Waals surface area contributed by atoms with E-state index >= 15 is 0 Å². The lowest BCUT2D eigenvalue weighted by molar-refractivity contribution is 0.491. The van der Waals surface area contributed by atoms with Gasteiger partial charge in [-0.1, -0.05) is 13.8 Å². The maximum atomic E-state index is 5.88. The highest BCUT2D eigenvalue weighted by atomic mass is 15.4. The van der Waals surface area contributed by atoms with E-state index in [0.717, 1.165) is 6.42 Å². The number of rotatable bonds is 3. The lowest BCUT2D eigenvalue weighted by atomic mass is 10.0. The first-order valence-electron chi connectivity index (χ1n) is 4.42. The van der Waals surface area contributed by atoms with Crippen LogP contribution in [0, 0.1) is 5.92 Å². The lowest BCUT2D eigenvalue weighted by Gasteiger charge is -2.09. The number of nitrogens with two attached hydrogens (primary N) is 2. The fraction of sp³-hybridized carbons (Fsp3) is 0.750. The van der Waals surface area contributed by atoms with Crippen molar-refractivity contribution in [2.24, 2.45) is 18.7 Å². The van der Waals surface area contributed by atoms with Gasteiger partial charge in [-0.15, -0.1) is 0 Å². The van der Waals surface area contributed by atoms with E-state index in [1.807, 2.05) is 0 Å². The second-order valence-electron chi connectivity index (χ2n) is 3.69. The summed E-state index contributed by atoms with van der Waals surface area (Å²) in [6.45, 7) is 4.23. The Morgan fingerprint density at radius 1 is 1.46 bits per heavy atom. The molecule has 1 aromatic rings. The molecule has 4 N–H and O–H groups in total.